The molecule has 1 aromatic heterocycles. The maximum atomic E-state index is 13.5. The van der Waals surface area contributed by atoms with Crippen LogP contribution in [0.3, 0.4) is 0 Å². The summed E-state index contributed by atoms with van der Waals surface area (Å²) in [4.78, 5) is 44.6. The molecular formula is C33H35N3O5. The summed E-state index contributed by atoms with van der Waals surface area (Å²) in [5.41, 5.74) is 2.96. The number of carbonyl (C=O) groups is 3. The average molecular weight is 554 g/mol. The molecule has 8 nitrogen and oxygen atoms in total. The number of nitrogens with zero attached hydrogens (tertiary/aromatic N) is 2. The van der Waals surface area contributed by atoms with Gasteiger partial charge in [0.05, 0.1) is 24.3 Å². The maximum absolute atomic E-state index is 13.5. The lowest BCUT2D eigenvalue weighted by Gasteiger charge is -2.29. The molecule has 2 atom stereocenters. The predicted molar refractivity (Wildman–Crippen MR) is 157 cm³/mol. The average Bonchev–Trinajstić information content (AvgIpc) is 3.44. The molecule has 2 heterocycles. The van der Waals surface area contributed by atoms with Crippen LogP contribution in [0.25, 0.3) is 11.1 Å². The van der Waals surface area contributed by atoms with Gasteiger partial charge in [0, 0.05) is 37.0 Å². The van der Waals surface area contributed by atoms with E-state index in [4.69, 9.17) is 9.47 Å². The van der Waals surface area contributed by atoms with E-state index in [2.05, 4.69) is 22.1 Å². The zero-order valence-electron chi connectivity index (χ0n) is 23.8. The topological polar surface area (TPSA) is 97.8 Å². The lowest BCUT2D eigenvalue weighted by atomic mass is 9.93. The van der Waals surface area contributed by atoms with Crippen LogP contribution in [-0.4, -0.2) is 53.2 Å². The predicted octanol–water partition coefficient (Wildman–Crippen LogP) is 5.93. The number of benzene rings is 2. The van der Waals surface area contributed by atoms with E-state index >= 15 is 0 Å². The van der Waals surface area contributed by atoms with Crippen LogP contribution in [-0.2, 0) is 14.3 Å². The second-order valence-corrected chi connectivity index (χ2v) is 10.8. The van der Waals surface area contributed by atoms with Crippen LogP contribution in [0.1, 0.15) is 56.0 Å². The fourth-order valence-corrected chi connectivity index (χ4v) is 4.87. The number of methoxy groups -OCH3 is 1. The van der Waals surface area contributed by atoms with Crippen molar-refractivity contribution in [2.45, 2.75) is 51.7 Å². The molecule has 0 bridgehead atoms. The summed E-state index contributed by atoms with van der Waals surface area (Å²) >= 11 is 0. The number of pyridine rings is 1. The molecule has 1 saturated heterocycles. The Morgan fingerprint density at radius 1 is 1.05 bits per heavy atom. The van der Waals surface area contributed by atoms with Crippen molar-refractivity contribution >= 4 is 23.7 Å². The summed E-state index contributed by atoms with van der Waals surface area (Å²) in [5.74, 6) is 4.92. The molecule has 0 aliphatic carbocycles. The highest BCUT2D eigenvalue weighted by Crippen LogP contribution is 2.29. The minimum Gasteiger partial charge on any atom is -0.469 e. The van der Waals surface area contributed by atoms with Crippen molar-refractivity contribution in [3.63, 3.8) is 0 Å². The molecule has 1 fully saturated rings. The number of carbonyl (C=O) groups excluding carboxylic acids is 3. The zero-order chi connectivity index (χ0) is 29.4. The fourth-order valence-electron chi connectivity index (χ4n) is 4.87. The fraction of sp³-hybridized carbons (Fsp3) is 0.333. The van der Waals surface area contributed by atoms with E-state index in [0.717, 1.165) is 17.5 Å². The minimum atomic E-state index is -0.648. The first-order chi connectivity index (χ1) is 19.7. The van der Waals surface area contributed by atoms with Gasteiger partial charge in [-0.2, -0.15) is 0 Å². The van der Waals surface area contributed by atoms with Gasteiger partial charge in [-0.15, -0.1) is 0 Å². The molecule has 1 N–H and O–H groups in total. The van der Waals surface area contributed by atoms with Gasteiger partial charge in [-0.25, -0.2) is 4.79 Å². The lowest BCUT2D eigenvalue weighted by molar-refractivity contribution is -0.147. The molecule has 1 aliphatic heterocycles. The monoisotopic (exact) mass is 553 g/mol. The summed E-state index contributed by atoms with van der Waals surface area (Å²) in [6.07, 6.45) is 4.12. The van der Waals surface area contributed by atoms with E-state index in [1.165, 1.54) is 13.3 Å². The van der Waals surface area contributed by atoms with Gasteiger partial charge in [0.25, 0.3) is 5.91 Å². The van der Waals surface area contributed by atoms with Gasteiger partial charge in [0.1, 0.15) is 5.60 Å². The van der Waals surface area contributed by atoms with Crippen LogP contribution in [0, 0.1) is 17.8 Å². The van der Waals surface area contributed by atoms with Gasteiger partial charge < -0.3 is 14.4 Å². The lowest BCUT2D eigenvalue weighted by Crippen LogP contribution is -2.43. The molecule has 0 radical (unpaired) electrons. The third-order valence-electron chi connectivity index (χ3n) is 6.77. The number of aromatic nitrogens is 1. The summed E-state index contributed by atoms with van der Waals surface area (Å²) in [6, 6.07) is 18.8. The number of ether oxygens (including phenoxy) is 2. The highest BCUT2D eigenvalue weighted by molar-refractivity contribution is 5.95. The van der Waals surface area contributed by atoms with Crippen LogP contribution in [0.4, 0.5) is 10.5 Å². The third-order valence-corrected chi connectivity index (χ3v) is 6.77. The van der Waals surface area contributed by atoms with Crippen LogP contribution < -0.4 is 5.32 Å². The summed E-state index contributed by atoms with van der Waals surface area (Å²) < 4.78 is 10.5. The molecule has 0 spiro atoms. The Balaban J connectivity index is 1.49. The van der Waals surface area contributed by atoms with E-state index in [-0.39, 0.29) is 18.4 Å². The standard InChI is InChI=1S/C33H35N3O5/c1-33(2,3)41-32(39)35-28-19-20-34-22-26(28)12-8-13-27(31(38)40-4)29-14-9-21-36(29)30(37)25-17-15-24(16-18-25)23-10-6-5-7-11-23/h5-7,10-11,15-20,22,27,29H,9,13-14,21H2,1-4H3,(H,34,35,39). The maximum Gasteiger partial charge on any atom is 0.412 e. The van der Waals surface area contributed by atoms with Crippen molar-refractivity contribution in [3.05, 3.63) is 84.2 Å². The van der Waals surface area contributed by atoms with Gasteiger partial charge >= 0.3 is 12.1 Å². The van der Waals surface area contributed by atoms with Crippen molar-refractivity contribution in [1.29, 1.82) is 0 Å². The van der Waals surface area contributed by atoms with Crippen LogP contribution in [0.15, 0.2) is 73.1 Å². The number of hydrogen-bond acceptors (Lipinski definition) is 6. The number of hydrogen-bond donors (Lipinski definition) is 1. The Morgan fingerprint density at radius 2 is 1.76 bits per heavy atom. The first-order valence-corrected chi connectivity index (χ1v) is 13.6. The number of rotatable bonds is 6. The molecule has 41 heavy (non-hydrogen) atoms. The Hall–Kier alpha value is -4.64. The van der Waals surface area contributed by atoms with Gasteiger partial charge in [-0.05, 0) is 62.9 Å². The molecule has 3 aromatic rings. The first-order valence-electron chi connectivity index (χ1n) is 13.6. The van der Waals surface area contributed by atoms with Crippen molar-refractivity contribution in [1.82, 2.24) is 9.88 Å². The second-order valence-electron chi connectivity index (χ2n) is 10.8. The SMILES string of the molecule is COC(=O)C(CC#Cc1cnccc1NC(=O)OC(C)(C)C)C1CCCN1C(=O)c1ccc(-c2ccccc2)cc1. The highest BCUT2D eigenvalue weighted by atomic mass is 16.6. The van der Waals surface area contributed by atoms with E-state index in [9.17, 15) is 14.4 Å². The minimum absolute atomic E-state index is 0.120. The van der Waals surface area contributed by atoms with Gasteiger partial charge in [-0.1, -0.05) is 54.3 Å². The van der Waals surface area contributed by atoms with Gasteiger partial charge in [0.15, 0.2) is 0 Å². The van der Waals surface area contributed by atoms with E-state index in [1.807, 2.05) is 54.6 Å². The molecule has 0 saturated carbocycles. The number of likely N-dealkylation sites (tertiary alicyclic amines) is 1. The van der Waals surface area contributed by atoms with Crippen molar-refractivity contribution in [2.75, 3.05) is 19.0 Å². The molecule has 2 amide bonds. The van der Waals surface area contributed by atoms with Crippen molar-refractivity contribution in [3.8, 4) is 23.0 Å². The Bertz CT molecular complexity index is 1440. The molecule has 212 valence electrons. The largest absolute Gasteiger partial charge is 0.469 e. The molecule has 8 heteroatoms. The van der Waals surface area contributed by atoms with Gasteiger partial charge in [-0.3, -0.25) is 19.9 Å². The van der Waals surface area contributed by atoms with E-state index in [1.54, 1.807) is 37.9 Å². The Morgan fingerprint density at radius 3 is 2.44 bits per heavy atom. The number of amides is 2. The Kier molecular flexibility index (Phi) is 9.41. The number of nitrogens with one attached hydrogen (secondary N) is 1. The second kappa shape index (κ2) is 13.1. The summed E-state index contributed by atoms with van der Waals surface area (Å²) in [7, 11) is 1.34. The van der Waals surface area contributed by atoms with E-state index in [0.29, 0.717) is 29.8 Å². The number of esters is 1. The molecule has 2 unspecified atom stereocenters. The Labute approximate surface area is 241 Å². The van der Waals surface area contributed by atoms with Crippen molar-refractivity contribution in [2.24, 2.45) is 5.92 Å². The number of anilines is 1. The van der Waals surface area contributed by atoms with Gasteiger partial charge in [0.2, 0.25) is 0 Å². The zero-order valence-corrected chi connectivity index (χ0v) is 23.8. The van der Waals surface area contributed by atoms with Crippen LogP contribution in [0.5, 0.6) is 0 Å². The summed E-state index contributed by atoms with van der Waals surface area (Å²) in [5, 5.41) is 2.70. The third kappa shape index (κ3) is 7.73. The summed E-state index contributed by atoms with van der Waals surface area (Å²) in [6.45, 7) is 5.90. The quantitative estimate of drug-likeness (QED) is 0.300. The molecule has 4 rings (SSSR count). The molecule has 2 aromatic carbocycles. The molecule has 1 aliphatic rings. The molecular weight excluding hydrogens is 518 g/mol. The normalized spacial score (nSPS) is 15.3. The van der Waals surface area contributed by atoms with E-state index < -0.39 is 23.6 Å². The van der Waals surface area contributed by atoms with Crippen LogP contribution in [0.2, 0.25) is 0 Å². The highest BCUT2D eigenvalue weighted by Gasteiger charge is 2.39. The smallest absolute Gasteiger partial charge is 0.412 e. The van der Waals surface area contributed by atoms with Crippen LogP contribution >= 0.6 is 0 Å². The van der Waals surface area contributed by atoms with Crippen molar-refractivity contribution < 1.29 is 23.9 Å². The first kappa shape index (κ1) is 29.3.